The van der Waals surface area contributed by atoms with E-state index < -0.39 is 0 Å². The molecule has 0 aliphatic heterocycles. The SMILES string of the molecule is CN(C(=O)C[NH+](C)CC(=O)Nc1ccc(F)cc1)c1ccccc1. The number of likely N-dealkylation sites (N-methyl/N-ethyl adjacent to an activating group) is 2. The molecule has 1 atom stereocenters. The number of para-hydroxylation sites is 1. The van der Waals surface area contributed by atoms with Gasteiger partial charge in [-0.3, -0.25) is 9.59 Å². The molecular weight excluding hydrogens is 309 g/mol. The second-order valence-corrected chi connectivity index (χ2v) is 5.65. The first-order valence-electron chi connectivity index (χ1n) is 7.64. The highest BCUT2D eigenvalue weighted by molar-refractivity contribution is 5.94. The third kappa shape index (κ3) is 5.17. The van der Waals surface area contributed by atoms with Crippen LogP contribution in [0, 0.1) is 5.82 Å². The Morgan fingerprint density at radius 2 is 1.67 bits per heavy atom. The Labute approximate surface area is 140 Å². The van der Waals surface area contributed by atoms with Crippen molar-refractivity contribution in [2.45, 2.75) is 0 Å². The average molecular weight is 330 g/mol. The zero-order valence-electron chi connectivity index (χ0n) is 13.8. The van der Waals surface area contributed by atoms with Crippen LogP contribution in [0.15, 0.2) is 54.6 Å². The predicted octanol–water partition coefficient (Wildman–Crippen LogP) is 0.942. The Balaban J connectivity index is 1.83. The number of nitrogens with zero attached hydrogens (tertiary/aromatic N) is 1. The second kappa shape index (κ2) is 8.21. The summed E-state index contributed by atoms with van der Waals surface area (Å²) in [5, 5.41) is 2.68. The molecule has 0 saturated carbocycles. The van der Waals surface area contributed by atoms with Gasteiger partial charge < -0.3 is 15.1 Å². The molecule has 24 heavy (non-hydrogen) atoms. The number of rotatable bonds is 6. The van der Waals surface area contributed by atoms with E-state index in [0.29, 0.717) is 5.69 Å². The van der Waals surface area contributed by atoms with Crippen molar-refractivity contribution in [1.29, 1.82) is 0 Å². The third-order valence-electron chi connectivity index (χ3n) is 3.56. The molecule has 0 aliphatic rings. The zero-order chi connectivity index (χ0) is 17.5. The minimum absolute atomic E-state index is 0.0757. The predicted molar refractivity (Wildman–Crippen MR) is 91.5 cm³/mol. The van der Waals surface area contributed by atoms with Gasteiger partial charge in [0.15, 0.2) is 13.1 Å². The van der Waals surface area contributed by atoms with E-state index in [1.807, 2.05) is 30.3 Å². The van der Waals surface area contributed by atoms with E-state index in [1.54, 1.807) is 19.0 Å². The number of quaternary nitrogens is 1. The van der Waals surface area contributed by atoms with Gasteiger partial charge in [0, 0.05) is 18.4 Å². The van der Waals surface area contributed by atoms with Crippen molar-refractivity contribution in [3.8, 4) is 0 Å². The van der Waals surface area contributed by atoms with Gasteiger partial charge in [0.1, 0.15) is 5.82 Å². The number of halogens is 1. The summed E-state index contributed by atoms with van der Waals surface area (Å²) in [4.78, 5) is 26.6. The number of anilines is 2. The molecule has 2 aromatic rings. The monoisotopic (exact) mass is 330 g/mol. The molecule has 6 heteroatoms. The molecule has 1 unspecified atom stereocenters. The summed E-state index contributed by atoms with van der Waals surface area (Å²) in [5.41, 5.74) is 1.34. The Morgan fingerprint density at radius 3 is 2.29 bits per heavy atom. The van der Waals surface area contributed by atoms with Crippen molar-refractivity contribution in [2.24, 2.45) is 0 Å². The zero-order valence-corrected chi connectivity index (χ0v) is 13.8. The smallest absolute Gasteiger partial charge is 0.281 e. The summed E-state index contributed by atoms with van der Waals surface area (Å²) in [6.07, 6.45) is 0. The van der Waals surface area contributed by atoms with Crippen molar-refractivity contribution in [1.82, 2.24) is 0 Å². The molecule has 2 amide bonds. The fraction of sp³-hybridized carbons (Fsp3) is 0.222. The van der Waals surface area contributed by atoms with Gasteiger partial charge in [-0.05, 0) is 36.4 Å². The Kier molecular flexibility index (Phi) is 6.03. The first kappa shape index (κ1) is 17.6. The largest absolute Gasteiger partial charge is 0.322 e. The third-order valence-corrected chi connectivity index (χ3v) is 3.56. The van der Waals surface area contributed by atoms with Crippen LogP contribution in [0.2, 0.25) is 0 Å². The van der Waals surface area contributed by atoms with Gasteiger partial charge in [-0.2, -0.15) is 0 Å². The Bertz CT molecular complexity index is 689. The fourth-order valence-electron chi connectivity index (χ4n) is 2.25. The first-order valence-corrected chi connectivity index (χ1v) is 7.64. The quantitative estimate of drug-likeness (QED) is 0.828. The molecule has 0 spiro atoms. The number of carbonyl (C=O) groups excluding carboxylic acids is 2. The maximum absolute atomic E-state index is 12.8. The van der Waals surface area contributed by atoms with E-state index in [0.717, 1.165) is 10.6 Å². The molecule has 0 fully saturated rings. The first-order chi connectivity index (χ1) is 11.5. The lowest BCUT2D eigenvalue weighted by atomic mass is 10.3. The fourth-order valence-corrected chi connectivity index (χ4v) is 2.25. The van der Waals surface area contributed by atoms with Gasteiger partial charge in [0.2, 0.25) is 0 Å². The molecule has 0 heterocycles. The van der Waals surface area contributed by atoms with E-state index in [9.17, 15) is 14.0 Å². The number of benzene rings is 2. The molecule has 2 N–H and O–H groups in total. The molecular formula is C18H21FN3O2+. The van der Waals surface area contributed by atoms with E-state index in [2.05, 4.69) is 5.32 Å². The summed E-state index contributed by atoms with van der Waals surface area (Å²) in [7, 11) is 3.49. The molecule has 126 valence electrons. The van der Waals surface area contributed by atoms with Crippen molar-refractivity contribution in [2.75, 3.05) is 37.4 Å². The molecule has 2 aromatic carbocycles. The van der Waals surface area contributed by atoms with E-state index in [1.165, 1.54) is 24.3 Å². The van der Waals surface area contributed by atoms with Crippen LogP contribution in [0.25, 0.3) is 0 Å². The van der Waals surface area contributed by atoms with Gasteiger partial charge in [0.25, 0.3) is 11.8 Å². The van der Waals surface area contributed by atoms with Crippen molar-refractivity contribution in [3.05, 3.63) is 60.4 Å². The number of nitrogens with one attached hydrogen (secondary N) is 2. The molecule has 0 radical (unpaired) electrons. The highest BCUT2D eigenvalue weighted by Crippen LogP contribution is 2.10. The normalized spacial score (nSPS) is 11.6. The van der Waals surface area contributed by atoms with Crippen LogP contribution in [0.1, 0.15) is 0 Å². The van der Waals surface area contributed by atoms with E-state index in [-0.39, 0.29) is 30.7 Å². The summed E-state index contributed by atoms with van der Waals surface area (Å²) < 4.78 is 12.8. The van der Waals surface area contributed by atoms with Gasteiger partial charge in [0.05, 0.1) is 7.05 Å². The van der Waals surface area contributed by atoms with E-state index in [4.69, 9.17) is 0 Å². The summed E-state index contributed by atoms with van der Waals surface area (Å²) in [6, 6.07) is 14.9. The highest BCUT2D eigenvalue weighted by atomic mass is 19.1. The van der Waals surface area contributed by atoms with Crippen LogP contribution in [0.5, 0.6) is 0 Å². The van der Waals surface area contributed by atoms with Crippen LogP contribution >= 0.6 is 0 Å². The van der Waals surface area contributed by atoms with Crippen molar-refractivity contribution in [3.63, 3.8) is 0 Å². The number of hydrogen-bond acceptors (Lipinski definition) is 2. The molecule has 0 bridgehead atoms. The van der Waals surface area contributed by atoms with Crippen LogP contribution in [-0.4, -0.2) is 39.0 Å². The second-order valence-electron chi connectivity index (χ2n) is 5.65. The minimum Gasteiger partial charge on any atom is -0.322 e. The summed E-state index contributed by atoms with van der Waals surface area (Å²) >= 11 is 0. The lowest BCUT2D eigenvalue weighted by Gasteiger charge is -2.19. The number of amides is 2. The van der Waals surface area contributed by atoms with Gasteiger partial charge in [-0.15, -0.1) is 0 Å². The standard InChI is InChI=1S/C18H20FN3O2/c1-21(12-17(23)20-15-10-8-14(19)9-11-15)13-18(24)22(2)16-6-4-3-5-7-16/h3-11H,12-13H2,1-2H3,(H,20,23)/p+1. The van der Waals surface area contributed by atoms with Crippen molar-refractivity contribution >= 4 is 23.2 Å². The molecule has 0 saturated heterocycles. The van der Waals surface area contributed by atoms with Gasteiger partial charge in [-0.1, -0.05) is 18.2 Å². The molecule has 0 aliphatic carbocycles. The summed E-state index contributed by atoms with van der Waals surface area (Å²) in [5.74, 6) is -0.659. The van der Waals surface area contributed by atoms with Crippen LogP contribution in [0.3, 0.4) is 0 Å². The topological polar surface area (TPSA) is 53.9 Å². The van der Waals surface area contributed by atoms with Gasteiger partial charge in [-0.25, -0.2) is 4.39 Å². The highest BCUT2D eigenvalue weighted by Gasteiger charge is 2.18. The Hall–Kier alpha value is -2.73. The number of hydrogen-bond donors (Lipinski definition) is 2. The molecule has 5 nitrogen and oxygen atoms in total. The van der Waals surface area contributed by atoms with Crippen LogP contribution in [-0.2, 0) is 9.59 Å². The lowest BCUT2D eigenvalue weighted by Crippen LogP contribution is -3.11. The molecule has 2 rings (SSSR count). The van der Waals surface area contributed by atoms with Gasteiger partial charge >= 0.3 is 0 Å². The van der Waals surface area contributed by atoms with Crippen LogP contribution < -0.4 is 15.1 Å². The maximum atomic E-state index is 12.8. The summed E-state index contributed by atoms with van der Waals surface area (Å²) in [6.45, 7) is 0.341. The minimum atomic E-state index is -0.356. The lowest BCUT2D eigenvalue weighted by molar-refractivity contribution is -0.862. The average Bonchev–Trinajstić information content (AvgIpc) is 2.56. The van der Waals surface area contributed by atoms with Crippen molar-refractivity contribution < 1.29 is 18.9 Å². The van der Waals surface area contributed by atoms with Crippen LogP contribution in [0.4, 0.5) is 15.8 Å². The maximum Gasteiger partial charge on any atom is 0.281 e. The van der Waals surface area contributed by atoms with E-state index >= 15 is 0 Å². The number of carbonyl (C=O) groups is 2. The Morgan fingerprint density at radius 1 is 1.04 bits per heavy atom. The molecule has 0 aromatic heterocycles.